The third-order valence-corrected chi connectivity index (χ3v) is 4.10. The summed E-state index contributed by atoms with van der Waals surface area (Å²) in [7, 11) is 0. The number of hydrogen-bond donors (Lipinski definition) is 1. The summed E-state index contributed by atoms with van der Waals surface area (Å²) in [6.07, 6.45) is -0.609. The van der Waals surface area contributed by atoms with Gasteiger partial charge in [-0.25, -0.2) is 4.79 Å². The highest BCUT2D eigenvalue weighted by atomic mass is 32.1. The SMILES string of the molecule is CCON=C(C(=O)OC(c1ccccc1)c1ccccc1)c1nsc(N)n1. The Kier molecular flexibility index (Phi) is 6.11. The zero-order valence-corrected chi connectivity index (χ0v) is 15.4. The van der Waals surface area contributed by atoms with Gasteiger partial charge in [-0.1, -0.05) is 65.8 Å². The smallest absolute Gasteiger partial charge is 0.365 e. The Morgan fingerprint density at radius 1 is 1.11 bits per heavy atom. The highest BCUT2D eigenvalue weighted by molar-refractivity contribution is 7.09. The van der Waals surface area contributed by atoms with Crippen molar-refractivity contribution in [2.75, 3.05) is 12.3 Å². The lowest BCUT2D eigenvalue weighted by Gasteiger charge is -2.18. The molecule has 1 aromatic heterocycles. The fourth-order valence-electron chi connectivity index (χ4n) is 2.38. The summed E-state index contributed by atoms with van der Waals surface area (Å²) in [5.74, 6) is -0.616. The van der Waals surface area contributed by atoms with Gasteiger partial charge in [0.15, 0.2) is 11.2 Å². The van der Waals surface area contributed by atoms with Crippen molar-refractivity contribution in [3.8, 4) is 0 Å². The minimum absolute atomic E-state index is 0.0795. The normalized spacial score (nSPS) is 11.4. The van der Waals surface area contributed by atoms with E-state index in [0.717, 1.165) is 22.7 Å². The molecule has 27 heavy (non-hydrogen) atoms. The first kappa shape index (κ1) is 18.5. The van der Waals surface area contributed by atoms with Crippen LogP contribution in [0, 0.1) is 0 Å². The van der Waals surface area contributed by atoms with Gasteiger partial charge in [-0.2, -0.15) is 9.36 Å². The molecule has 2 aromatic carbocycles. The molecule has 3 rings (SSSR count). The summed E-state index contributed by atoms with van der Waals surface area (Å²) in [6, 6.07) is 18.9. The third kappa shape index (κ3) is 4.68. The maximum atomic E-state index is 12.9. The molecular weight excluding hydrogens is 364 g/mol. The molecule has 138 valence electrons. The van der Waals surface area contributed by atoms with Gasteiger partial charge in [0.25, 0.3) is 0 Å². The summed E-state index contributed by atoms with van der Waals surface area (Å²) in [5, 5.41) is 4.06. The molecule has 0 aliphatic heterocycles. The van der Waals surface area contributed by atoms with E-state index in [-0.39, 0.29) is 23.3 Å². The number of nitrogens with zero attached hydrogens (tertiary/aromatic N) is 3. The monoisotopic (exact) mass is 382 g/mol. The fraction of sp³-hybridized carbons (Fsp3) is 0.158. The van der Waals surface area contributed by atoms with Crippen LogP contribution in [0.4, 0.5) is 5.13 Å². The van der Waals surface area contributed by atoms with Crippen LogP contribution < -0.4 is 5.73 Å². The largest absolute Gasteiger partial charge is 0.448 e. The van der Waals surface area contributed by atoms with Crippen molar-refractivity contribution in [3.05, 3.63) is 77.6 Å². The third-order valence-electron chi connectivity index (χ3n) is 3.56. The lowest BCUT2D eigenvalue weighted by atomic mass is 10.0. The van der Waals surface area contributed by atoms with Crippen molar-refractivity contribution in [3.63, 3.8) is 0 Å². The van der Waals surface area contributed by atoms with Gasteiger partial charge in [0.05, 0.1) is 0 Å². The Morgan fingerprint density at radius 3 is 2.19 bits per heavy atom. The molecule has 0 aliphatic rings. The second-order valence-corrected chi connectivity index (χ2v) is 6.20. The number of nitrogens with two attached hydrogens (primary N) is 1. The molecule has 0 aliphatic carbocycles. The Balaban J connectivity index is 1.93. The lowest BCUT2D eigenvalue weighted by molar-refractivity contribution is -0.139. The quantitative estimate of drug-likeness (QED) is 0.383. The molecule has 0 radical (unpaired) electrons. The van der Waals surface area contributed by atoms with Gasteiger partial charge < -0.3 is 15.3 Å². The molecule has 3 aromatic rings. The molecule has 8 heteroatoms. The first-order valence-corrected chi connectivity index (χ1v) is 9.06. The number of hydrogen-bond acceptors (Lipinski definition) is 8. The van der Waals surface area contributed by atoms with Gasteiger partial charge in [-0.05, 0) is 18.1 Å². The Bertz CT molecular complexity index is 873. The first-order chi connectivity index (χ1) is 13.2. The standard InChI is InChI=1S/C19H18N4O3S/c1-2-25-22-15(17-21-19(20)27-23-17)18(24)26-16(13-9-5-3-6-10-13)14-11-7-4-8-12-14/h3-12,16H,2H2,1H3,(H2,20,21,23). The van der Waals surface area contributed by atoms with Gasteiger partial charge in [-0.3, -0.25) is 0 Å². The van der Waals surface area contributed by atoms with Gasteiger partial charge in [-0.15, -0.1) is 0 Å². The van der Waals surface area contributed by atoms with Crippen molar-refractivity contribution in [1.29, 1.82) is 0 Å². The number of carbonyl (C=O) groups excluding carboxylic acids is 1. The number of anilines is 1. The molecule has 0 fully saturated rings. The second-order valence-electron chi connectivity index (χ2n) is 5.42. The van der Waals surface area contributed by atoms with Crippen LogP contribution in [-0.4, -0.2) is 27.6 Å². The van der Waals surface area contributed by atoms with Crippen LogP contribution in [-0.2, 0) is 14.4 Å². The predicted octanol–water partition coefficient (Wildman–Crippen LogP) is 3.19. The van der Waals surface area contributed by atoms with Gasteiger partial charge in [0.1, 0.15) is 6.61 Å². The molecular formula is C19H18N4O3S. The van der Waals surface area contributed by atoms with Crippen molar-refractivity contribution in [2.24, 2.45) is 5.16 Å². The van der Waals surface area contributed by atoms with Gasteiger partial charge in [0, 0.05) is 11.5 Å². The molecule has 2 N–H and O–H groups in total. The number of rotatable bonds is 7. The molecule has 1 heterocycles. The minimum Gasteiger partial charge on any atom is -0.448 e. The number of oxime groups is 1. The van der Waals surface area contributed by atoms with E-state index in [1.165, 1.54) is 0 Å². The van der Waals surface area contributed by atoms with E-state index < -0.39 is 12.1 Å². The van der Waals surface area contributed by atoms with Crippen molar-refractivity contribution in [1.82, 2.24) is 9.36 Å². The van der Waals surface area contributed by atoms with E-state index in [2.05, 4.69) is 14.5 Å². The van der Waals surface area contributed by atoms with Crippen LogP contribution in [0.2, 0.25) is 0 Å². The van der Waals surface area contributed by atoms with Crippen LogP contribution in [0.15, 0.2) is 65.8 Å². The Morgan fingerprint density at radius 2 is 1.70 bits per heavy atom. The number of benzene rings is 2. The van der Waals surface area contributed by atoms with E-state index in [4.69, 9.17) is 15.3 Å². The summed E-state index contributed by atoms with van der Waals surface area (Å²) >= 11 is 0.968. The molecule has 0 atom stereocenters. The lowest BCUT2D eigenvalue weighted by Crippen LogP contribution is -2.23. The molecule has 7 nitrogen and oxygen atoms in total. The molecule has 0 spiro atoms. The van der Waals surface area contributed by atoms with Crippen molar-refractivity contribution < 1.29 is 14.4 Å². The van der Waals surface area contributed by atoms with E-state index in [0.29, 0.717) is 0 Å². The van der Waals surface area contributed by atoms with E-state index in [9.17, 15) is 4.79 Å². The van der Waals surface area contributed by atoms with Gasteiger partial charge >= 0.3 is 5.97 Å². The number of esters is 1. The average Bonchev–Trinajstić information content (AvgIpc) is 3.13. The van der Waals surface area contributed by atoms with Crippen LogP contribution in [0.5, 0.6) is 0 Å². The minimum atomic E-state index is -0.695. The Hall–Kier alpha value is -3.26. The van der Waals surface area contributed by atoms with Crippen LogP contribution in [0.25, 0.3) is 0 Å². The summed E-state index contributed by atoms with van der Waals surface area (Å²) < 4.78 is 9.82. The predicted molar refractivity (Wildman–Crippen MR) is 103 cm³/mol. The van der Waals surface area contributed by atoms with Gasteiger partial charge in [0.2, 0.25) is 11.5 Å². The average molecular weight is 382 g/mol. The number of nitrogen functional groups attached to an aromatic ring is 1. The van der Waals surface area contributed by atoms with E-state index >= 15 is 0 Å². The van der Waals surface area contributed by atoms with E-state index in [1.807, 2.05) is 60.7 Å². The van der Waals surface area contributed by atoms with Crippen LogP contribution in [0.3, 0.4) is 0 Å². The zero-order valence-electron chi connectivity index (χ0n) is 14.6. The van der Waals surface area contributed by atoms with E-state index in [1.54, 1.807) is 6.92 Å². The fourth-order valence-corrected chi connectivity index (χ4v) is 2.81. The number of carbonyl (C=O) groups is 1. The zero-order chi connectivity index (χ0) is 19.1. The topological polar surface area (TPSA) is 99.7 Å². The highest BCUT2D eigenvalue weighted by Crippen LogP contribution is 2.26. The van der Waals surface area contributed by atoms with Crippen molar-refractivity contribution >= 4 is 28.3 Å². The molecule has 0 amide bonds. The summed E-state index contributed by atoms with van der Waals surface area (Å²) in [4.78, 5) is 21.9. The molecule has 0 saturated carbocycles. The molecule has 0 bridgehead atoms. The summed E-state index contributed by atoms with van der Waals surface area (Å²) in [5.41, 5.74) is 7.17. The second kappa shape index (κ2) is 8.91. The Labute approximate surface area is 160 Å². The van der Waals surface area contributed by atoms with Crippen LogP contribution >= 0.6 is 11.5 Å². The highest BCUT2D eigenvalue weighted by Gasteiger charge is 2.26. The first-order valence-electron chi connectivity index (χ1n) is 8.29. The van der Waals surface area contributed by atoms with Crippen molar-refractivity contribution in [2.45, 2.75) is 13.0 Å². The summed E-state index contributed by atoms with van der Waals surface area (Å²) in [6.45, 7) is 2.04. The molecule has 0 unspecified atom stereocenters. The maximum absolute atomic E-state index is 12.9. The number of ether oxygens (including phenoxy) is 1. The van der Waals surface area contributed by atoms with Crippen LogP contribution in [0.1, 0.15) is 30.0 Å². The maximum Gasteiger partial charge on any atom is 0.365 e. The molecule has 0 saturated heterocycles. The number of aromatic nitrogens is 2.